The topological polar surface area (TPSA) is 29.3 Å². The maximum atomic E-state index is 5.60. The normalized spacial score (nSPS) is 10.4. The smallest absolute Gasteiger partial charge is 0.0510 e. The largest absolute Gasteiger partial charge is 0.371 e. The zero-order chi connectivity index (χ0) is 11.3. The highest BCUT2D eigenvalue weighted by molar-refractivity contribution is 9.10. The number of nitrogens with zero attached hydrogens (tertiary/aromatic N) is 1. The van der Waals surface area contributed by atoms with Gasteiger partial charge in [0.1, 0.15) is 0 Å². The van der Waals surface area contributed by atoms with Gasteiger partial charge >= 0.3 is 0 Å². The summed E-state index contributed by atoms with van der Waals surface area (Å²) in [6, 6.07) is 6.34. The molecule has 1 aromatic carbocycles. The first-order valence-electron chi connectivity index (χ1n) is 5.46. The molecule has 0 aliphatic carbocycles. The Hall–Kier alpha value is -0.540. The molecule has 0 atom stereocenters. The van der Waals surface area contributed by atoms with Crippen LogP contribution in [0.3, 0.4) is 0 Å². The van der Waals surface area contributed by atoms with Crippen molar-refractivity contribution >= 4 is 21.6 Å². The van der Waals surface area contributed by atoms with E-state index in [1.807, 2.05) is 0 Å². The molecule has 0 saturated heterocycles. The van der Waals surface area contributed by atoms with E-state index in [0.717, 1.165) is 23.1 Å². The van der Waals surface area contributed by atoms with E-state index in [1.54, 1.807) is 0 Å². The lowest BCUT2D eigenvalue weighted by molar-refractivity contribution is 0.789. The Kier molecular flexibility index (Phi) is 5.12. The Morgan fingerprint density at radius 2 is 2.07 bits per heavy atom. The minimum absolute atomic E-state index is 0.596. The minimum Gasteiger partial charge on any atom is -0.371 e. The van der Waals surface area contributed by atoms with Crippen LogP contribution in [0.1, 0.15) is 25.8 Å². The molecule has 15 heavy (non-hydrogen) atoms. The molecule has 0 aromatic heterocycles. The number of benzene rings is 1. The molecule has 84 valence electrons. The van der Waals surface area contributed by atoms with Gasteiger partial charge in [-0.25, -0.2) is 0 Å². The maximum Gasteiger partial charge on any atom is 0.0510 e. The summed E-state index contributed by atoms with van der Waals surface area (Å²) in [6.45, 7) is 7.11. The number of halogens is 1. The van der Waals surface area contributed by atoms with Crippen molar-refractivity contribution in [1.29, 1.82) is 0 Å². The van der Waals surface area contributed by atoms with Crippen LogP contribution in [0.15, 0.2) is 22.7 Å². The lowest BCUT2D eigenvalue weighted by Crippen LogP contribution is -2.23. The summed E-state index contributed by atoms with van der Waals surface area (Å²) in [5.74, 6) is 0. The molecule has 3 heteroatoms. The van der Waals surface area contributed by atoms with E-state index >= 15 is 0 Å². The molecule has 0 heterocycles. The van der Waals surface area contributed by atoms with Gasteiger partial charge in [0.2, 0.25) is 0 Å². The fourth-order valence-electron chi connectivity index (χ4n) is 1.65. The quantitative estimate of drug-likeness (QED) is 0.891. The molecule has 0 unspecified atom stereocenters. The van der Waals surface area contributed by atoms with E-state index in [2.05, 4.69) is 52.9 Å². The fourth-order valence-corrected chi connectivity index (χ4v) is 2.33. The number of rotatable bonds is 5. The van der Waals surface area contributed by atoms with Crippen molar-refractivity contribution in [2.45, 2.75) is 26.8 Å². The second-order valence-corrected chi connectivity index (χ2v) is 4.42. The Morgan fingerprint density at radius 3 is 2.53 bits per heavy atom. The van der Waals surface area contributed by atoms with E-state index < -0.39 is 0 Å². The first-order chi connectivity index (χ1) is 7.22. The average molecular weight is 271 g/mol. The van der Waals surface area contributed by atoms with Gasteiger partial charge in [0.05, 0.1) is 5.69 Å². The van der Waals surface area contributed by atoms with Gasteiger partial charge in [-0.2, -0.15) is 0 Å². The summed E-state index contributed by atoms with van der Waals surface area (Å²) in [6.07, 6.45) is 1.17. The number of hydrogen-bond acceptors (Lipinski definition) is 2. The number of hydrogen-bond donors (Lipinski definition) is 1. The Balaban J connectivity index is 2.92. The lowest BCUT2D eigenvalue weighted by Gasteiger charge is -2.24. The zero-order valence-electron chi connectivity index (χ0n) is 9.46. The summed E-state index contributed by atoms with van der Waals surface area (Å²) in [5.41, 5.74) is 8.03. The van der Waals surface area contributed by atoms with Gasteiger partial charge in [-0.1, -0.05) is 13.0 Å². The Labute approximate surface area is 101 Å². The second kappa shape index (κ2) is 6.13. The van der Waals surface area contributed by atoms with Crippen LogP contribution in [0.5, 0.6) is 0 Å². The molecule has 0 amide bonds. The van der Waals surface area contributed by atoms with E-state index in [4.69, 9.17) is 5.73 Å². The van der Waals surface area contributed by atoms with Gasteiger partial charge in [0.15, 0.2) is 0 Å². The number of anilines is 1. The summed E-state index contributed by atoms with van der Waals surface area (Å²) in [5, 5.41) is 0. The highest BCUT2D eigenvalue weighted by Gasteiger charge is 2.07. The molecule has 2 N–H and O–H groups in total. The summed E-state index contributed by atoms with van der Waals surface area (Å²) in [7, 11) is 0. The summed E-state index contributed by atoms with van der Waals surface area (Å²) in [4.78, 5) is 2.37. The van der Waals surface area contributed by atoms with Crippen LogP contribution < -0.4 is 10.6 Å². The van der Waals surface area contributed by atoms with Crippen LogP contribution >= 0.6 is 15.9 Å². The van der Waals surface area contributed by atoms with Crippen LogP contribution in [0.25, 0.3) is 0 Å². The van der Waals surface area contributed by atoms with Gasteiger partial charge in [0.25, 0.3) is 0 Å². The average Bonchev–Trinajstić information content (AvgIpc) is 2.26. The van der Waals surface area contributed by atoms with Crippen molar-refractivity contribution in [3.63, 3.8) is 0 Å². The predicted octanol–water partition coefficient (Wildman–Crippen LogP) is 3.14. The lowest BCUT2D eigenvalue weighted by atomic mass is 10.2. The molecule has 1 aromatic rings. The Bertz CT molecular complexity index is 312. The minimum atomic E-state index is 0.596. The van der Waals surface area contributed by atoms with E-state index in [9.17, 15) is 0 Å². The molecule has 0 aliphatic rings. The van der Waals surface area contributed by atoms with Gasteiger partial charge in [-0.05, 0) is 47.0 Å². The maximum absolute atomic E-state index is 5.60. The van der Waals surface area contributed by atoms with E-state index in [1.165, 1.54) is 12.1 Å². The SMILES string of the molecule is CCCN(CC)c1ccc(CN)cc1Br. The third kappa shape index (κ3) is 3.21. The van der Waals surface area contributed by atoms with Gasteiger partial charge in [0, 0.05) is 24.1 Å². The van der Waals surface area contributed by atoms with Crippen molar-refractivity contribution in [2.75, 3.05) is 18.0 Å². The second-order valence-electron chi connectivity index (χ2n) is 3.57. The molecular formula is C12H19BrN2. The van der Waals surface area contributed by atoms with Crippen molar-refractivity contribution in [2.24, 2.45) is 5.73 Å². The van der Waals surface area contributed by atoms with Gasteiger partial charge < -0.3 is 10.6 Å². The van der Waals surface area contributed by atoms with Crippen molar-refractivity contribution in [1.82, 2.24) is 0 Å². The fraction of sp³-hybridized carbons (Fsp3) is 0.500. The van der Waals surface area contributed by atoms with Crippen molar-refractivity contribution in [3.05, 3.63) is 28.2 Å². The summed E-state index contributed by atoms with van der Waals surface area (Å²) >= 11 is 3.60. The molecule has 1 rings (SSSR count). The molecule has 2 nitrogen and oxygen atoms in total. The van der Waals surface area contributed by atoms with Crippen LogP contribution in [-0.2, 0) is 6.54 Å². The molecule has 0 aliphatic heterocycles. The molecule has 0 fully saturated rings. The first kappa shape index (κ1) is 12.5. The highest BCUT2D eigenvalue weighted by atomic mass is 79.9. The predicted molar refractivity (Wildman–Crippen MR) is 70.2 cm³/mol. The van der Waals surface area contributed by atoms with Crippen molar-refractivity contribution in [3.8, 4) is 0 Å². The monoisotopic (exact) mass is 270 g/mol. The van der Waals surface area contributed by atoms with Gasteiger partial charge in [-0.3, -0.25) is 0 Å². The van der Waals surface area contributed by atoms with Crippen LogP contribution in [0.2, 0.25) is 0 Å². The first-order valence-corrected chi connectivity index (χ1v) is 6.25. The van der Waals surface area contributed by atoms with Crippen LogP contribution in [0, 0.1) is 0 Å². The molecular weight excluding hydrogens is 252 g/mol. The standard InChI is InChI=1S/C12H19BrN2/c1-3-7-15(4-2)12-6-5-10(9-14)8-11(12)13/h5-6,8H,3-4,7,9,14H2,1-2H3. The number of nitrogens with two attached hydrogens (primary N) is 1. The van der Waals surface area contributed by atoms with E-state index in [0.29, 0.717) is 6.54 Å². The molecule has 0 radical (unpaired) electrons. The zero-order valence-corrected chi connectivity index (χ0v) is 11.0. The Morgan fingerprint density at radius 1 is 1.33 bits per heavy atom. The third-order valence-electron chi connectivity index (χ3n) is 2.46. The molecule has 0 bridgehead atoms. The molecule has 0 spiro atoms. The summed E-state index contributed by atoms with van der Waals surface area (Å²) < 4.78 is 1.14. The van der Waals surface area contributed by atoms with Crippen LogP contribution in [0.4, 0.5) is 5.69 Å². The van der Waals surface area contributed by atoms with Gasteiger partial charge in [-0.15, -0.1) is 0 Å². The van der Waals surface area contributed by atoms with Crippen LogP contribution in [-0.4, -0.2) is 13.1 Å². The highest BCUT2D eigenvalue weighted by Crippen LogP contribution is 2.27. The molecule has 0 saturated carbocycles. The van der Waals surface area contributed by atoms with Crippen molar-refractivity contribution < 1.29 is 0 Å². The third-order valence-corrected chi connectivity index (χ3v) is 3.10. The van der Waals surface area contributed by atoms with E-state index in [-0.39, 0.29) is 0 Å².